The standard InChI is InChI=1S/C18H22FN5O3S/c19-16-3-1-2-4-17(16)28(26,27)22-8-7-18(25)23-13-5-6-14(23)12-15(11-13)24-20-9-10-21-24/h1-4,9-10,13-15,22H,5-8,11-12H2. The fourth-order valence-corrected chi connectivity index (χ4v) is 5.43. The molecular formula is C18H22FN5O3S. The molecule has 0 aliphatic carbocycles. The van der Waals surface area contributed by atoms with Crippen LogP contribution in [0.5, 0.6) is 0 Å². The van der Waals surface area contributed by atoms with Crippen molar-refractivity contribution in [1.29, 1.82) is 0 Å². The number of benzene rings is 1. The Labute approximate surface area is 162 Å². The fourth-order valence-electron chi connectivity index (χ4n) is 4.32. The molecule has 10 heteroatoms. The Morgan fingerprint density at radius 1 is 1.11 bits per heavy atom. The molecule has 3 heterocycles. The van der Waals surface area contributed by atoms with Crippen molar-refractivity contribution in [2.45, 2.75) is 55.1 Å². The summed E-state index contributed by atoms with van der Waals surface area (Å²) in [7, 11) is -3.98. The highest BCUT2D eigenvalue weighted by atomic mass is 32.2. The van der Waals surface area contributed by atoms with Crippen LogP contribution in [0.25, 0.3) is 0 Å². The van der Waals surface area contributed by atoms with E-state index in [9.17, 15) is 17.6 Å². The highest BCUT2D eigenvalue weighted by molar-refractivity contribution is 7.89. The molecule has 2 aliphatic heterocycles. The number of hydrogen-bond donors (Lipinski definition) is 1. The van der Waals surface area contributed by atoms with Crippen LogP contribution in [0.2, 0.25) is 0 Å². The van der Waals surface area contributed by atoms with Crippen molar-refractivity contribution < 1.29 is 17.6 Å². The molecule has 2 atom stereocenters. The number of carbonyl (C=O) groups excluding carboxylic acids is 1. The zero-order valence-electron chi connectivity index (χ0n) is 15.2. The summed E-state index contributed by atoms with van der Waals surface area (Å²) in [5.41, 5.74) is 0. The smallest absolute Gasteiger partial charge is 0.243 e. The van der Waals surface area contributed by atoms with Gasteiger partial charge in [0.25, 0.3) is 0 Å². The summed E-state index contributed by atoms with van der Waals surface area (Å²) in [6.07, 6.45) is 6.84. The summed E-state index contributed by atoms with van der Waals surface area (Å²) in [4.78, 5) is 15.9. The van der Waals surface area contributed by atoms with E-state index < -0.39 is 20.7 Å². The van der Waals surface area contributed by atoms with Gasteiger partial charge in [0.1, 0.15) is 10.7 Å². The number of piperidine rings is 1. The van der Waals surface area contributed by atoms with Crippen molar-refractivity contribution in [2.24, 2.45) is 0 Å². The normalized spacial score (nSPS) is 24.5. The number of nitrogens with one attached hydrogen (secondary N) is 1. The molecule has 0 saturated carbocycles. The minimum Gasteiger partial charge on any atom is -0.337 e. The molecule has 28 heavy (non-hydrogen) atoms. The number of carbonyl (C=O) groups is 1. The van der Waals surface area contributed by atoms with Crippen LogP contribution in [-0.4, -0.2) is 52.8 Å². The third-order valence-electron chi connectivity index (χ3n) is 5.52. The first-order valence-corrected chi connectivity index (χ1v) is 10.8. The lowest BCUT2D eigenvalue weighted by molar-refractivity contribution is -0.136. The molecule has 8 nitrogen and oxygen atoms in total. The molecular weight excluding hydrogens is 385 g/mol. The van der Waals surface area contributed by atoms with Crippen LogP contribution in [0.3, 0.4) is 0 Å². The molecule has 0 spiro atoms. The van der Waals surface area contributed by atoms with E-state index in [0.717, 1.165) is 31.7 Å². The van der Waals surface area contributed by atoms with Gasteiger partial charge in [-0.25, -0.2) is 17.5 Å². The topological polar surface area (TPSA) is 97.2 Å². The third kappa shape index (κ3) is 3.66. The second-order valence-corrected chi connectivity index (χ2v) is 8.97. The average molecular weight is 407 g/mol. The van der Waals surface area contributed by atoms with Gasteiger partial charge in [-0.1, -0.05) is 12.1 Å². The predicted octanol–water partition coefficient (Wildman–Crippen LogP) is 1.48. The Hall–Kier alpha value is -2.33. The molecule has 2 aliphatic rings. The summed E-state index contributed by atoms with van der Waals surface area (Å²) in [6, 6.07) is 5.63. The van der Waals surface area contributed by atoms with Crippen LogP contribution in [0, 0.1) is 5.82 Å². The van der Waals surface area contributed by atoms with Gasteiger partial charge in [-0.15, -0.1) is 0 Å². The molecule has 150 valence electrons. The Balaban J connectivity index is 1.34. The van der Waals surface area contributed by atoms with Gasteiger partial charge >= 0.3 is 0 Å². The minimum atomic E-state index is -3.98. The molecule has 1 N–H and O–H groups in total. The van der Waals surface area contributed by atoms with E-state index in [1.807, 2.05) is 4.90 Å². The van der Waals surface area contributed by atoms with Crippen LogP contribution >= 0.6 is 0 Å². The number of halogens is 1. The van der Waals surface area contributed by atoms with Crippen molar-refractivity contribution in [1.82, 2.24) is 24.6 Å². The van der Waals surface area contributed by atoms with Gasteiger partial charge in [0.15, 0.2) is 0 Å². The minimum absolute atomic E-state index is 0.0470. The van der Waals surface area contributed by atoms with E-state index in [4.69, 9.17) is 0 Å². The first kappa shape index (κ1) is 19.0. The maximum absolute atomic E-state index is 13.7. The molecule has 4 rings (SSSR count). The third-order valence-corrected chi connectivity index (χ3v) is 7.01. The summed E-state index contributed by atoms with van der Waals surface area (Å²) < 4.78 is 40.5. The highest BCUT2D eigenvalue weighted by Crippen LogP contribution is 2.40. The van der Waals surface area contributed by atoms with Gasteiger partial charge in [0.05, 0.1) is 18.4 Å². The van der Waals surface area contributed by atoms with Crippen molar-refractivity contribution in [3.8, 4) is 0 Å². The number of aromatic nitrogens is 3. The lowest BCUT2D eigenvalue weighted by atomic mass is 9.97. The maximum atomic E-state index is 13.7. The molecule has 2 unspecified atom stereocenters. The van der Waals surface area contributed by atoms with Crippen LogP contribution in [0.15, 0.2) is 41.6 Å². The lowest BCUT2D eigenvalue weighted by Crippen LogP contribution is -2.47. The van der Waals surface area contributed by atoms with E-state index in [0.29, 0.717) is 0 Å². The van der Waals surface area contributed by atoms with Crippen molar-refractivity contribution in [2.75, 3.05) is 6.54 Å². The molecule has 2 saturated heterocycles. The van der Waals surface area contributed by atoms with Gasteiger partial charge in [0.2, 0.25) is 15.9 Å². The number of fused-ring (bicyclic) bond motifs is 2. The Bertz CT molecular complexity index is 936. The second kappa shape index (κ2) is 7.59. The van der Waals surface area contributed by atoms with Crippen molar-refractivity contribution in [3.05, 3.63) is 42.5 Å². The van der Waals surface area contributed by atoms with Gasteiger partial charge in [-0.05, 0) is 37.8 Å². The van der Waals surface area contributed by atoms with E-state index in [-0.39, 0.29) is 37.0 Å². The summed E-state index contributed by atoms with van der Waals surface area (Å²) in [5, 5.41) is 8.43. The van der Waals surface area contributed by atoms with E-state index >= 15 is 0 Å². The Kier molecular flexibility index (Phi) is 5.15. The monoisotopic (exact) mass is 407 g/mol. The first-order chi connectivity index (χ1) is 13.5. The first-order valence-electron chi connectivity index (χ1n) is 9.37. The molecule has 1 aromatic heterocycles. The zero-order valence-corrected chi connectivity index (χ0v) is 16.1. The highest BCUT2D eigenvalue weighted by Gasteiger charge is 2.43. The number of amides is 1. The molecule has 0 radical (unpaired) electrons. The van der Waals surface area contributed by atoms with Gasteiger partial charge in [-0.3, -0.25) is 4.79 Å². The average Bonchev–Trinajstić information content (AvgIpc) is 3.28. The van der Waals surface area contributed by atoms with E-state index in [1.165, 1.54) is 18.2 Å². The lowest BCUT2D eigenvalue weighted by Gasteiger charge is -2.38. The molecule has 2 bridgehead atoms. The molecule has 1 amide bonds. The SMILES string of the molecule is O=C(CCNS(=O)(=O)c1ccccc1F)N1C2CCC1CC(n1nccn1)C2. The Morgan fingerprint density at radius 3 is 2.39 bits per heavy atom. The predicted molar refractivity (Wildman–Crippen MR) is 98.2 cm³/mol. The number of hydrogen-bond acceptors (Lipinski definition) is 5. The Morgan fingerprint density at radius 2 is 1.75 bits per heavy atom. The fraction of sp³-hybridized carbons (Fsp3) is 0.500. The number of nitrogens with zero attached hydrogens (tertiary/aromatic N) is 4. The zero-order chi connectivity index (χ0) is 19.7. The van der Waals surface area contributed by atoms with Crippen LogP contribution in [0.4, 0.5) is 4.39 Å². The number of rotatable bonds is 6. The summed E-state index contributed by atoms with van der Waals surface area (Å²) in [5.74, 6) is -0.885. The second-order valence-electron chi connectivity index (χ2n) is 7.24. The van der Waals surface area contributed by atoms with E-state index in [2.05, 4.69) is 14.9 Å². The quantitative estimate of drug-likeness (QED) is 0.782. The van der Waals surface area contributed by atoms with Gasteiger partial charge < -0.3 is 4.90 Å². The van der Waals surface area contributed by atoms with Crippen LogP contribution < -0.4 is 4.72 Å². The van der Waals surface area contributed by atoms with Crippen LogP contribution in [0.1, 0.15) is 38.1 Å². The van der Waals surface area contributed by atoms with Crippen molar-refractivity contribution >= 4 is 15.9 Å². The molecule has 2 aromatic rings. The molecule has 2 fully saturated rings. The summed E-state index contributed by atoms with van der Waals surface area (Å²) in [6.45, 7) is -0.0599. The van der Waals surface area contributed by atoms with Crippen LogP contribution in [-0.2, 0) is 14.8 Å². The number of sulfonamides is 1. The van der Waals surface area contributed by atoms with Gasteiger partial charge in [0, 0.05) is 25.0 Å². The summed E-state index contributed by atoms with van der Waals surface area (Å²) >= 11 is 0. The van der Waals surface area contributed by atoms with Crippen molar-refractivity contribution in [3.63, 3.8) is 0 Å². The molecule has 1 aromatic carbocycles. The maximum Gasteiger partial charge on any atom is 0.243 e. The van der Waals surface area contributed by atoms with Gasteiger partial charge in [-0.2, -0.15) is 15.0 Å². The largest absolute Gasteiger partial charge is 0.337 e. The van der Waals surface area contributed by atoms with E-state index in [1.54, 1.807) is 17.2 Å².